The molecule has 122 valence electrons. The number of ether oxygens (including phenoxy) is 3. The number of carbonyl (C=O) groups is 1. The molecular weight excluding hydrogens is 300 g/mol. The van der Waals surface area contributed by atoms with Gasteiger partial charge in [0.1, 0.15) is 35.6 Å². The van der Waals surface area contributed by atoms with Crippen molar-refractivity contribution >= 4 is 5.97 Å². The lowest BCUT2D eigenvalue weighted by Gasteiger charge is -2.38. The standard InChI is InChI=1S/C13H16O9/c1-20-12(19)11-9(17)8(16)10(18)13(22-11)21-7-3-5(14)2-6(15)4-7/h2-4,8-11,13-18H,1H3/t8-,9-,10+,11-,13+/m0/s1. The van der Waals surface area contributed by atoms with E-state index in [2.05, 4.69) is 4.74 Å². The molecule has 0 spiro atoms. The second-order valence-electron chi connectivity index (χ2n) is 4.72. The number of esters is 1. The molecule has 5 N–H and O–H groups in total. The maximum atomic E-state index is 11.5. The molecule has 1 saturated heterocycles. The van der Waals surface area contributed by atoms with Gasteiger partial charge < -0.3 is 39.7 Å². The van der Waals surface area contributed by atoms with Crippen molar-refractivity contribution in [3.8, 4) is 17.2 Å². The molecule has 1 heterocycles. The van der Waals surface area contributed by atoms with Crippen molar-refractivity contribution in [1.29, 1.82) is 0 Å². The Bertz CT molecular complexity index is 526. The zero-order chi connectivity index (χ0) is 16.4. The first-order valence-electron chi connectivity index (χ1n) is 6.30. The molecular formula is C13H16O9. The van der Waals surface area contributed by atoms with E-state index in [-0.39, 0.29) is 17.2 Å². The number of aromatic hydroxyl groups is 2. The SMILES string of the molecule is COC(=O)[C@H]1O[C@@H](Oc2cc(O)cc(O)c2)[C@H](O)[C@@H](O)[C@@H]1O. The van der Waals surface area contributed by atoms with Gasteiger partial charge in [-0.05, 0) is 0 Å². The predicted molar refractivity (Wildman–Crippen MR) is 69.1 cm³/mol. The number of phenolic OH excluding ortho intramolecular Hbond substituents is 2. The zero-order valence-electron chi connectivity index (χ0n) is 11.5. The van der Waals surface area contributed by atoms with E-state index in [0.29, 0.717) is 0 Å². The van der Waals surface area contributed by atoms with Crippen molar-refractivity contribution in [2.24, 2.45) is 0 Å². The minimum atomic E-state index is -1.71. The van der Waals surface area contributed by atoms with Gasteiger partial charge in [0.05, 0.1) is 7.11 Å². The van der Waals surface area contributed by atoms with Crippen molar-refractivity contribution in [3.63, 3.8) is 0 Å². The molecule has 9 nitrogen and oxygen atoms in total. The average molecular weight is 316 g/mol. The summed E-state index contributed by atoms with van der Waals surface area (Å²) in [6, 6.07) is 3.31. The third-order valence-corrected chi connectivity index (χ3v) is 3.13. The van der Waals surface area contributed by atoms with Gasteiger partial charge in [-0.3, -0.25) is 0 Å². The van der Waals surface area contributed by atoms with Crippen LogP contribution in [0.1, 0.15) is 0 Å². The van der Waals surface area contributed by atoms with Crippen LogP contribution >= 0.6 is 0 Å². The van der Waals surface area contributed by atoms with Crippen LogP contribution in [0.3, 0.4) is 0 Å². The molecule has 0 unspecified atom stereocenters. The Kier molecular flexibility index (Phi) is 4.71. The molecule has 1 aromatic rings. The lowest BCUT2D eigenvalue weighted by molar-refractivity contribution is -0.271. The van der Waals surface area contributed by atoms with Crippen LogP contribution in [0.4, 0.5) is 0 Å². The van der Waals surface area contributed by atoms with E-state index in [1.807, 2.05) is 0 Å². The van der Waals surface area contributed by atoms with Gasteiger partial charge >= 0.3 is 5.97 Å². The van der Waals surface area contributed by atoms with Gasteiger partial charge in [-0.1, -0.05) is 0 Å². The lowest BCUT2D eigenvalue weighted by atomic mass is 9.99. The van der Waals surface area contributed by atoms with Crippen LogP contribution in [0.15, 0.2) is 18.2 Å². The summed E-state index contributed by atoms with van der Waals surface area (Å²) in [5.41, 5.74) is 0. The summed E-state index contributed by atoms with van der Waals surface area (Å²) < 4.78 is 14.7. The van der Waals surface area contributed by atoms with E-state index >= 15 is 0 Å². The molecule has 0 saturated carbocycles. The van der Waals surface area contributed by atoms with Crippen molar-refractivity contribution in [2.75, 3.05) is 7.11 Å². The quantitative estimate of drug-likeness (QED) is 0.418. The number of hydrogen-bond acceptors (Lipinski definition) is 9. The van der Waals surface area contributed by atoms with Gasteiger partial charge in [-0.15, -0.1) is 0 Å². The van der Waals surface area contributed by atoms with Crippen molar-refractivity contribution in [1.82, 2.24) is 0 Å². The fourth-order valence-corrected chi connectivity index (χ4v) is 2.03. The Morgan fingerprint density at radius 2 is 1.64 bits per heavy atom. The van der Waals surface area contributed by atoms with E-state index in [1.54, 1.807) is 0 Å². The Balaban J connectivity index is 2.19. The minimum absolute atomic E-state index is 0.0752. The number of carbonyl (C=O) groups excluding carboxylic acids is 1. The number of phenols is 2. The van der Waals surface area contributed by atoms with Crippen LogP contribution in [0.5, 0.6) is 17.2 Å². The fraction of sp³-hybridized carbons (Fsp3) is 0.462. The molecule has 9 heteroatoms. The number of methoxy groups -OCH3 is 1. The highest BCUT2D eigenvalue weighted by Crippen LogP contribution is 2.29. The lowest BCUT2D eigenvalue weighted by Crippen LogP contribution is -2.61. The maximum Gasteiger partial charge on any atom is 0.337 e. The summed E-state index contributed by atoms with van der Waals surface area (Å²) in [4.78, 5) is 11.5. The first-order valence-corrected chi connectivity index (χ1v) is 6.30. The van der Waals surface area contributed by atoms with Gasteiger partial charge in [0.2, 0.25) is 6.29 Å². The topological polar surface area (TPSA) is 146 Å². The number of rotatable bonds is 3. The number of aliphatic hydroxyl groups excluding tert-OH is 3. The summed E-state index contributed by atoms with van der Waals surface area (Å²) in [6.45, 7) is 0. The maximum absolute atomic E-state index is 11.5. The Hall–Kier alpha value is -2.07. The summed E-state index contributed by atoms with van der Waals surface area (Å²) >= 11 is 0. The molecule has 1 fully saturated rings. The molecule has 0 aromatic heterocycles. The van der Waals surface area contributed by atoms with E-state index in [9.17, 15) is 30.3 Å². The first kappa shape index (κ1) is 16.3. The van der Waals surface area contributed by atoms with E-state index < -0.39 is 36.7 Å². The molecule has 1 aliphatic rings. The monoisotopic (exact) mass is 316 g/mol. The smallest absolute Gasteiger partial charge is 0.337 e. The van der Waals surface area contributed by atoms with E-state index in [1.165, 1.54) is 0 Å². The van der Waals surface area contributed by atoms with Crippen molar-refractivity contribution < 1.29 is 44.5 Å². The van der Waals surface area contributed by atoms with Gasteiger partial charge in [-0.25, -0.2) is 4.79 Å². The first-order chi connectivity index (χ1) is 10.3. The Morgan fingerprint density at radius 1 is 1.05 bits per heavy atom. The van der Waals surface area contributed by atoms with E-state index in [4.69, 9.17) is 9.47 Å². The largest absolute Gasteiger partial charge is 0.508 e. The molecule has 1 aliphatic heterocycles. The molecule has 0 bridgehead atoms. The van der Waals surface area contributed by atoms with Gasteiger partial charge in [0.25, 0.3) is 0 Å². The predicted octanol–water partition coefficient (Wildman–Crippen LogP) is -1.54. The number of aliphatic hydroxyl groups is 3. The van der Waals surface area contributed by atoms with Crippen LogP contribution < -0.4 is 4.74 Å². The van der Waals surface area contributed by atoms with Crippen LogP contribution in [-0.4, -0.2) is 69.3 Å². The van der Waals surface area contributed by atoms with Crippen LogP contribution in [0, 0.1) is 0 Å². The molecule has 22 heavy (non-hydrogen) atoms. The highest BCUT2D eigenvalue weighted by molar-refractivity contribution is 5.75. The molecule has 0 radical (unpaired) electrons. The van der Waals surface area contributed by atoms with Crippen LogP contribution in [-0.2, 0) is 14.3 Å². The molecule has 0 amide bonds. The molecule has 0 aliphatic carbocycles. The second kappa shape index (κ2) is 6.36. The van der Waals surface area contributed by atoms with Crippen LogP contribution in [0.2, 0.25) is 0 Å². The number of hydrogen-bond donors (Lipinski definition) is 5. The Morgan fingerprint density at radius 3 is 2.18 bits per heavy atom. The van der Waals surface area contributed by atoms with Crippen LogP contribution in [0.25, 0.3) is 0 Å². The summed E-state index contributed by atoms with van der Waals surface area (Å²) in [5.74, 6) is -1.63. The van der Waals surface area contributed by atoms with Gasteiger partial charge in [0.15, 0.2) is 6.10 Å². The zero-order valence-corrected chi connectivity index (χ0v) is 11.5. The highest BCUT2D eigenvalue weighted by Gasteiger charge is 2.48. The average Bonchev–Trinajstić information content (AvgIpc) is 2.46. The van der Waals surface area contributed by atoms with Gasteiger partial charge in [0, 0.05) is 18.2 Å². The molecule has 2 rings (SSSR count). The van der Waals surface area contributed by atoms with E-state index in [0.717, 1.165) is 25.3 Å². The molecule has 5 atom stereocenters. The van der Waals surface area contributed by atoms with Crippen molar-refractivity contribution in [3.05, 3.63) is 18.2 Å². The highest BCUT2D eigenvalue weighted by atomic mass is 16.7. The summed E-state index contributed by atoms with van der Waals surface area (Å²) in [5, 5.41) is 48.0. The third-order valence-electron chi connectivity index (χ3n) is 3.13. The van der Waals surface area contributed by atoms with Gasteiger partial charge in [-0.2, -0.15) is 0 Å². The number of benzene rings is 1. The van der Waals surface area contributed by atoms with Crippen molar-refractivity contribution in [2.45, 2.75) is 30.7 Å². The Labute approximate surface area is 124 Å². The minimum Gasteiger partial charge on any atom is -0.508 e. The summed E-state index contributed by atoms with van der Waals surface area (Å²) in [7, 11) is 1.07. The normalized spacial score (nSPS) is 31.5. The summed E-state index contributed by atoms with van der Waals surface area (Å²) in [6.07, 6.45) is -8.16. The fourth-order valence-electron chi connectivity index (χ4n) is 2.03. The third kappa shape index (κ3) is 3.22. The molecule has 1 aromatic carbocycles. The second-order valence-corrected chi connectivity index (χ2v) is 4.72.